The van der Waals surface area contributed by atoms with E-state index in [9.17, 15) is 0 Å². The van der Waals surface area contributed by atoms with Crippen molar-refractivity contribution in [3.8, 4) is 0 Å². The Labute approximate surface area is 110 Å². The lowest BCUT2D eigenvalue weighted by atomic mass is 10.6. The Morgan fingerprint density at radius 3 is 2.17 bits per heavy atom. The van der Waals surface area contributed by atoms with Crippen molar-refractivity contribution in [3.63, 3.8) is 0 Å². The van der Waals surface area contributed by atoms with Crippen LogP contribution in [0.4, 0.5) is 0 Å². The zero-order valence-corrected chi connectivity index (χ0v) is 11.8. The first-order valence-corrected chi connectivity index (χ1v) is 6.37. The van der Waals surface area contributed by atoms with Gasteiger partial charge in [0, 0.05) is 13.2 Å². The summed E-state index contributed by atoms with van der Waals surface area (Å²) in [6.45, 7) is 13.2. The van der Waals surface area contributed by atoms with Gasteiger partial charge in [0.2, 0.25) is 6.29 Å². The minimum atomic E-state index is -0.419. The third kappa shape index (κ3) is 11.9. The van der Waals surface area contributed by atoms with Crippen molar-refractivity contribution in [1.82, 2.24) is 0 Å². The highest BCUT2D eigenvalue weighted by Gasteiger charge is 2.09. The summed E-state index contributed by atoms with van der Waals surface area (Å²) in [5.74, 6) is 0.608. The molecule has 0 bridgehead atoms. The molecule has 1 unspecified atom stereocenters. The lowest BCUT2D eigenvalue weighted by Crippen LogP contribution is -2.25. The Morgan fingerprint density at radius 2 is 1.56 bits per heavy atom. The maximum Gasteiger partial charge on any atom is 0.223 e. The Hall–Kier alpha value is -0.620. The van der Waals surface area contributed by atoms with E-state index < -0.39 is 6.29 Å². The summed E-state index contributed by atoms with van der Waals surface area (Å²) in [4.78, 5) is 0. The van der Waals surface area contributed by atoms with E-state index in [1.54, 1.807) is 6.92 Å². The smallest absolute Gasteiger partial charge is 0.223 e. The molecular formula is C13H26O5. The highest BCUT2D eigenvalue weighted by atomic mass is 16.7. The first-order valence-electron chi connectivity index (χ1n) is 6.37. The van der Waals surface area contributed by atoms with Crippen molar-refractivity contribution < 1.29 is 23.7 Å². The van der Waals surface area contributed by atoms with Crippen LogP contribution < -0.4 is 0 Å². The first kappa shape index (κ1) is 17.4. The largest absolute Gasteiger partial charge is 0.468 e. The van der Waals surface area contributed by atoms with Crippen molar-refractivity contribution in [2.75, 3.05) is 46.2 Å². The molecule has 0 saturated heterocycles. The summed E-state index contributed by atoms with van der Waals surface area (Å²) in [5.41, 5.74) is 0. The summed E-state index contributed by atoms with van der Waals surface area (Å²) in [6, 6.07) is 0. The molecule has 18 heavy (non-hydrogen) atoms. The molecule has 0 aliphatic carbocycles. The molecule has 0 rings (SSSR count). The quantitative estimate of drug-likeness (QED) is 0.288. The second kappa shape index (κ2) is 12.8. The van der Waals surface area contributed by atoms with Crippen LogP contribution in [0, 0.1) is 0 Å². The summed E-state index contributed by atoms with van der Waals surface area (Å²) in [5, 5.41) is 0. The van der Waals surface area contributed by atoms with E-state index in [2.05, 4.69) is 6.58 Å². The van der Waals surface area contributed by atoms with Gasteiger partial charge in [-0.15, -0.1) is 0 Å². The Balaban J connectivity index is 3.52. The zero-order valence-electron chi connectivity index (χ0n) is 11.8. The fourth-order valence-electron chi connectivity index (χ4n) is 1.16. The van der Waals surface area contributed by atoms with Gasteiger partial charge in [0.25, 0.3) is 0 Å². The van der Waals surface area contributed by atoms with Gasteiger partial charge in [0.15, 0.2) is 0 Å². The van der Waals surface area contributed by atoms with Crippen molar-refractivity contribution >= 4 is 0 Å². The van der Waals surface area contributed by atoms with Gasteiger partial charge in [-0.2, -0.15) is 0 Å². The zero-order chi connectivity index (χ0) is 13.6. The van der Waals surface area contributed by atoms with Crippen LogP contribution in [-0.4, -0.2) is 52.5 Å². The molecule has 0 radical (unpaired) electrons. The third-order valence-electron chi connectivity index (χ3n) is 1.90. The van der Waals surface area contributed by atoms with Gasteiger partial charge in [-0.25, -0.2) is 0 Å². The second-order valence-electron chi connectivity index (χ2n) is 3.59. The molecule has 0 N–H and O–H groups in total. The molecule has 5 nitrogen and oxygen atoms in total. The summed E-state index contributed by atoms with van der Waals surface area (Å²) in [6.07, 6.45) is -0.419. The van der Waals surface area contributed by atoms with Gasteiger partial charge in [0.1, 0.15) is 6.61 Å². The van der Waals surface area contributed by atoms with E-state index >= 15 is 0 Å². The predicted octanol–water partition coefficient (Wildman–Crippen LogP) is 1.97. The molecule has 0 spiro atoms. The van der Waals surface area contributed by atoms with Crippen LogP contribution in [0.2, 0.25) is 0 Å². The predicted molar refractivity (Wildman–Crippen MR) is 69.4 cm³/mol. The van der Waals surface area contributed by atoms with Crippen molar-refractivity contribution in [2.24, 2.45) is 0 Å². The van der Waals surface area contributed by atoms with Gasteiger partial charge in [-0.1, -0.05) is 6.58 Å². The maximum atomic E-state index is 5.49. The van der Waals surface area contributed by atoms with E-state index in [-0.39, 0.29) is 0 Å². The molecule has 1 atom stereocenters. The minimum absolute atomic E-state index is 0.391. The molecule has 108 valence electrons. The van der Waals surface area contributed by atoms with Crippen molar-refractivity contribution in [1.29, 1.82) is 0 Å². The van der Waals surface area contributed by atoms with E-state index in [1.165, 1.54) is 0 Å². The van der Waals surface area contributed by atoms with Crippen LogP contribution >= 0.6 is 0 Å². The third-order valence-corrected chi connectivity index (χ3v) is 1.90. The minimum Gasteiger partial charge on any atom is -0.468 e. The molecule has 0 aromatic heterocycles. The SMILES string of the molecule is C=C(C)OC(COCC)OCCOCCOCC. The molecule has 0 amide bonds. The number of hydrogen-bond acceptors (Lipinski definition) is 5. The van der Waals surface area contributed by atoms with Crippen LogP contribution in [0.15, 0.2) is 12.3 Å². The van der Waals surface area contributed by atoms with Crippen LogP contribution in [-0.2, 0) is 23.7 Å². The summed E-state index contributed by atoms with van der Waals surface area (Å²) in [7, 11) is 0. The second-order valence-corrected chi connectivity index (χ2v) is 3.59. The molecule has 0 heterocycles. The fourth-order valence-corrected chi connectivity index (χ4v) is 1.16. The van der Waals surface area contributed by atoms with Crippen molar-refractivity contribution in [3.05, 3.63) is 12.3 Å². The molecule has 0 aromatic carbocycles. The fraction of sp³-hybridized carbons (Fsp3) is 0.846. The monoisotopic (exact) mass is 262 g/mol. The molecular weight excluding hydrogens is 236 g/mol. The van der Waals surface area contributed by atoms with Gasteiger partial charge in [0.05, 0.1) is 32.2 Å². The van der Waals surface area contributed by atoms with E-state index in [0.29, 0.717) is 52.0 Å². The first-order chi connectivity index (χ1) is 8.70. The van der Waals surface area contributed by atoms with Crippen LogP contribution in [0.5, 0.6) is 0 Å². The number of hydrogen-bond donors (Lipinski definition) is 0. The summed E-state index contributed by atoms with van der Waals surface area (Å²) >= 11 is 0. The highest BCUT2D eigenvalue weighted by Crippen LogP contribution is 2.02. The van der Waals surface area contributed by atoms with Crippen LogP contribution in [0.1, 0.15) is 20.8 Å². The molecule has 0 aliphatic heterocycles. The van der Waals surface area contributed by atoms with Crippen LogP contribution in [0.25, 0.3) is 0 Å². The van der Waals surface area contributed by atoms with Gasteiger partial charge in [-0.3, -0.25) is 0 Å². The normalized spacial score (nSPS) is 12.4. The van der Waals surface area contributed by atoms with Gasteiger partial charge >= 0.3 is 0 Å². The molecule has 0 aromatic rings. The molecule has 0 fully saturated rings. The topological polar surface area (TPSA) is 46.2 Å². The highest BCUT2D eigenvalue weighted by molar-refractivity contribution is 4.74. The van der Waals surface area contributed by atoms with Crippen molar-refractivity contribution in [2.45, 2.75) is 27.1 Å². The molecule has 0 saturated carbocycles. The van der Waals surface area contributed by atoms with E-state index in [4.69, 9.17) is 23.7 Å². The standard InChI is InChI=1S/C13H26O5/c1-5-14-7-8-16-9-10-17-13(11-15-6-2)18-12(3)4/h13H,3,5-11H2,1-2,4H3. The van der Waals surface area contributed by atoms with Crippen LogP contribution in [0.3, 0.4) is 0 Å². The maximum absolute atomic E-state index is 5.49. The van der Waals surface area contributed by atoms with Gasteiger partial charge in [-0.05, 0) is 20.8 Å². The van der Waals surface area contributed by atoms with E-state index in [0.717, 1.165) is 0 Å². The molecule has 5 heteroatoms. The average molecular weight is 262 g/mol. The average Bonchev–Trinajstić information content (AvgIpc) is 2.34. The number of allylic oxidation sites excluding steroid dienone is 1. The lowest BCUT2D eigenvalue weighted by Gasteiger charge is -2.19. The Morgan fingerprint density at radius 1 is 0.944 bits per heavy atom. The lowest BCUT2D eigenvalue weighted by molar-refractivity contribution is -0.157. The number of ether oxygens (including phenoxy) is 5. The number of rotatable bonds is 13. The van der Waals surface area contributed by atoms with Gasteiger partial charge < -0.3 is 23.7 Å². The Bertz CT molecular complexity index is 196. The molecule has 0 aliphatic rings. The van der Waals surface area contributed by atoms with E-state index in [1.807, 2.05) is 13.8 Å². The Kier molecular flexibility index (Phi) is 12.4. The summed E-state index contributed by atoms with van der Waals surface area (Å²) < 4.78 is 26.6.